The molecule has 0 N–H and O–H groups in total. The monoisotopic (exact) mass is 449 g/mol. The number of halogens is 1. The van der Waals surface area contributed by atoms with E-state index < -0.39 is 5.92 Å². The third kappa shape index (κ3) is 3.61. The standard InChI is InChI=1S/C20H20INO3/c1-3-11-25-20(24)17-12(2)22-15-5-4-6-16(23)19(15)18(17)13-7-9-14(21)10-8-13/h3,7-10,17-18H,1,4-6,11H2,2H3/t17?,18-/m0/s1. The van der Waals surface area contributed by atoms with Crippen LogP contribution in [0.5, 0.6) is 0 Å². The number of hydrogen-bond donors (Lipinski definition) is 0. The van der Waals surface area contributed by atoms with Gasteiger partial charge in [0.2, 0.25) is 0 Å². The van der Waals surface area contributed by atoms with E-state index in [9.17, 15) is 9.59 Å². The molecule has 25 heavy (non-hydrogen) atoms. The van der Waals surface area contributed by atoms with Gasteiger partial charge in [0.05, 0.1) is 0 Å². The normalized spacial score (nSPS) is 23.0. The second-order valence-corrected chi connectivity index (χ2v) is 7.56. The first-order chi connectivity index (χ1) is 12.0. The summed E-state index contributed by atoms with van der Waals surface area (Å²) in [5.41, 5.74) is 3.20. The lowest BCUT2D eigenvalue weighted by Crippen LogP contribution is -2.37. The molecule has 1 aliphatic carbocycles. The summed E-state index contributed by atoms with van der Waals surface area (Å²) in [4.78, 5) is 30.0. The largest absolute Gasteiger partial charge is 0.461 e. The van der Waals surface area contributed by atoms with Crippen LogP contribution < -0.4 is 0 Å². The molecule has 1 aromatic rings. The highest BCUT2D eigenvalue weighted by atomic mass is 127. The van der Waals surface area contributed by atoms with Gasteiger partial charge in [0.15, 0.2) is 5.78 Å². The van der Waals surface area contributed by atoms with Gasteiger partial charge < -0.3 is 4.74 Å². The summed E-state index contributed by atoms with van der Waals surface area (Å²) < 4.78 is 6.43. The molecule has 130 valence electrons. The molecule has 0 bridgehead atoms. The molecule has 5 heteroatoms. The second kappa shape index (κ2) is 7.64. The van der Waals surface area contributed by atoms with E-state index in [0.717, 1.165) is 27.7 Å². The lowest BCUT2D eigenvalue weighted by atomic mass is 9.72. The van der Waals surface area contributed by atoms with Crippen LogP contribution in [0.25, 0.3) is 0 Å². The van der Waals surface area contributed by atoms with Gasteiger partial charge in [-0.2, -0.15) is 0 Å². The van der Waals surface area contributed by atoms with Gasteiger partial charge in [0.25, 0.3) is 0 Å². The van der Waals surface area contributed by atoms with Gasteiger partial charge in [-0.25, -0.2) is 0 Å². The summed E-state index contributed by atoms with van der Waals surface area (Å²) in [5.74, 6) is -1.15. The first-order valence-electron chi connectivity index (χ1n) is 8.37. The Labute approximate surface area is 161 Å². The Morgan fingerprint density at radius 2 is 2.08 bits per heavy atom. The fourth-order valence-electron chi connectivity index (χ4n) is 3.57. The minimum atomic E-state index is -0.569. The molecule has 0 amide bonds. The lowest BCUT2D eigenvalue weighted by molar-refractivity contribution is -0.145. The van der Waals surface area contributed by atoms with E-state index in [0.29, 0.717) is 17.7 Å². The van der Waals surface area contributed by atoms with E-state index in [2.05, 4.69) is 34.2 Å². The fourth-order valence-corrected chi connectivity index (χ4v) is 3.93. The van der Waals surface area contributed by atoms with Crippen molar-refractivity contribution in [3.63, 3.8) is 0 Å². The zero-order valence-electron chi connectivity index (χ0n) is 14.1. The van der Waals surface area contributed by atoms with Crippen LogP contribution in [-0.2, 0) is 14.3 Å². The molecule has 0 saturated carbocycles. The Balaban J connectivity index is 2.10. The number of nitrogens with zero attached hydrogens (tertiary/aromatic N) is 1. The number of ketones is 1. The summed E-state index contributed by atoms with van der Waals surface area (Å²) in [6, 6.07) is 7.98. The van der Waals surface area contributed by atoms with E-state index in [1.807, 2.05) is 31.2 Å². The molecular formula is C20H20INO3. The number of ether oxygens (including phenoxy) is 1. The van der Waals surface area contributed by atoms with Gasteiger partial charge >= 0.3 is 5.97 Å². The second-order valence-electron chi connectivity index (χ2n) is 6.32. The highest BCUT2D eigenvalue weighted by Crippen LogP contribution is 2.43. The predicted molar refractivity (Wildman–Crippen MR) is 106 cm³/mol. The number of carbonyl (C=O) groups is 2. The van der Waals surface area contributed by atoms with Crippen LogP contribution in [0.1, 0.15) is 37.7 Å². The van der Waals surface area contributed by atoms with Crippen LogP contribution in [0, 0.1) is 9.49 Å². The number of allylic oxidation sites excluding steroid dienone is 2. The Bertz CT molecular complexity index is 777. The van der Waals surface area contributed by atoms with Crippen LogP contribution >= 0.6 is 22.6 Å². The van der Waals surface area contributed by atoms with Gasteiger partial charge in [-0.15, -0.1) is 0 Å². The van der Waals surface area contributed by atoms with Gasteiger partial charge in [-0.3, -0.25) is 14.6 Å². The third-order valence-electron chi connectivity index (χ3n) is 4.66. The molecule has 1 aliphatic heterocycles. The van der Waals surface area contributed by atoms with Crippen LogP contribution in [0.2, 0.25) is 0 Å². The molecule has 3 rings (SSSR count). The predicted octanol–water partition coefficient (Wildman–Crippen LogP) is 4.20. The number of esters is 1. The maximum Gasteiger partial charge on any atom is 0.315 e. The summed E-state index contributed by atoms with van der Waals surface area (Å²) in [6.45, 7) is 5.59. The molecule has 0 aromatic heterocycles. The zero-order valence-corrected chi connectivity index (χ0v) is 16.3. The van der Waals surface area contributed by atoms with Crippen LogP contribution in [-0.4, -0.2) is 24.1 Å². The smallest absolute Gasteiger partial charge is 0.315 e. The molecule has 2 atom stereocenters. The Morgan fingerprint density at radius 1 is 1.36 bits per heavy atom. The Hall–Kier alpha value is -1.76. The topological polar surface area (TPSA) is 55.7 Å². The zero-order chi connectivity index (χ0) is 18.0. The van der Waals surface area contributed by atoms with Crippen molar-refractivity contribution < 1.29 is 14.3 Å². The lowest BCUT2D eigenvalue weighted by Gasteiger charge is -2.34. The van der Waals surface area contributed by atoms with Gasteiger partial charge in [-0.05, 0) is 60.1 Å². The van der Waals surface area contributed by atoms with Crippen LogP contribution in [0.15, 0.2) is 53.2 Å². The third-order valence-corrected chi connectivity index (χ3v) is 5.38. The molecule has 1 unspecified atom stereocenters. The van der Waals surface area contributed by atoms with E-state index >= 15 is 0 Å². The van der Waals surface area contributed by atoms with Crippen molar-refractivity contribution in [2.45, 2.75) is 32.1 Å². The summed E-state index contributed by atoms with van der Waals surface area (Å²) in [5, 5.41) is 0. The van der Waals surface area contributed by atoms with Gasteiger partial charge in [0.1, 0.15) is 12.5 Å². The summed E-state index contributed by atoms with van der Waals surface area (Å²) >= 11 is 2.24. The maximum atomic E-state index is 12.7. The van der Waals surface area contributed by atoms with Gasteiger partial charge in [0, 0.05) is 32.9 Å². The van der Waals surface area contributed by atoms with Crippen LogP contribution in [0.4, 0.5) is 0 Å². The van der Waals surface area contributed by atoms with Crippen molar-refractivity contribution in [2.75, 3.05) is 6.61 Å². The number of aliphatic imine (C=N–C) groups is 1. The quantitative estimate of drug-likeness (QED) is 0.394. The van der Waals surface area contributed by atoms with Crippen molar-refractivity contribution in [1.82, 2.24) is 0 Å². The minimum absolute atomic E-state index is 0.0996. The van der Waals surface area contributed by atoms with Crippen molar-refractivity contribution >= 4 is 40.1 Å². The highest BCUT2D eigenvalue weighted by Gasteiger charge is 2.42. The molecule has 4 nitrogen and oxygen atoms in total. The van der Waals surface area contributed by atoms with Crippen molar-refractivity contribution in [3.8, 4) is 0 Å². The molecule has 0 radical (unpaired) electrons. The van der Waals surface area contributed by atoms with E-state index in [1.165, 1.54) is 0 Å². The highest BCUT2D eigenvalue weighted by molar-refractivity contribution is 14.1. The maximum absolute atomic E-state index is 12.7. The summed E-state index contributed by atoms with van der Waals surface area (Å²) in [7, 11) is 0. The van der Waals surface area contributed by atoms with Crippen molar-refractivity contribution in [3.05, 3.63) is 57.3 Å². The minimum Gasteiger partial charge on any atom is -0.461 e. The van der Waals surface area contributed by atoms with E-state index in [1.54, 1.807) is 6.08 Å². The Kier molecular flexibility index (Phi) is 5.51. The Morgan fingerprint density at radius 3 is 2.76 bits per heavy atom. The fraction of sp³-hybridized carbons (Fsp3) is 0.350. The first kappa shape index (κ1) is 18.0. The average molecular weight is 449 g/mol. The summed E-state index contributed by atoms with van der Waals surface area (Å²) in [6.07, 6.45) is 3.67. The number of benzene rings is 1. The van der Waals surface area contributed by atoms with Crippen molar-refractivity contribution in [1.29, 1.82) is 0 Å². The number of hydrogen-bond acceptors (Lipinski definition) is 4. The SMILES string of the molecule is C=CCOC(=O)C1C(C)=NC2=C(C(=O)CCC2)[C@H]1c1ccc(I)cc1. The molecule has 0 saturated heterocycles. The van der Waals surface area contributed by atoms with Crippen molar-refractivity contribution in [2.24, 2.45) is 10.9 Å². The average Bonchev–Trinajstić information content (AvgIpc) is 2.59. The number of Topliss-reactive ketones (excluding diaryl/α,β-unsaturated/α-hetero) is 1. The molecule has 2 aliphatic rings. The molecule has 1 heterocycles. The molecule has 0 spiro atoms. The molecular weight excluding hydrogens is 429 g/mol. The molecule has 1 aromatic carbocycles. The van der Waals surface area contributed by atoms with E-state index in [-0.39, 0.29) is 24.3 Å². The van der Waals surface area contributed by atoms with Crippen LogP contribution in [0.3, 0.4) is 0 Å². The number of carbonyl (C=O) groups excluding carboxylic acids is 2. The number of rotatable bonds is 4. The van der Waals surface area contributed by atoms with E-state index in [4.69, 9.17) is 4.74 Å². The first-order valence-corrected chi connectivity index (χ1v) is 9.45. The van der Waals surface area contributed by atoms with Gasteiger partial charge in [-0.1, -0.05) is 24.8 Å². The molecule has 0 fully saturated rings.